The number of carbonyl (C=O) groups excluding carboxylic acids is 2. The van der Waals surface area contributed by atoms with E-state index in [1.165, 1.54) is 17.0 Å². The number of nitrogens with zero attached hydrogens (tertiary/aromatic N) is 4. The summed E-state index contributed by atoms with van der Waals surface area (Å²) in [7, 11) is 3.49. The summed E-state index contributed by atoms with van der Waals surface area (Å²) in [4.78, 5) is 33.0. The molecular formula is C31H41F3N4O3. The molecule has 224 valence electrons. The van der Waals surface area contributed by atoms with E-state index in [-0.39, 0.29) is 24.9 Å². The molecule has 4 rings (SSSR count). The van der Waals surface area contributed by atoms with Crippen LogP contribution in [0.4, 0.5) is 18.9 Å². The smallest absolute Gasteiger partial charge is 0.370 e. The molecule has 0 bridgehead atoms. The van der Waals surface area contributed by atoms with Crippen molar-refractivity contribution in [1.82, 2.24) is 14.7 Å². The Labute approximate surface area is 240 Å². The van der Waals surface area contributed by atoms with Gasteiger partial charge in [-0.15, -0.1) is 0 Å². The van der Waals surface area contributed by atoms with Gasteiger partial charge in [0.1, 0.15) is 0 Å². The molecule has 1 unspecified atom stereocenters. The summed E-state index contributed by atoms with van der Waals surface area (Å²) >= 11 is 0. The van der Waals surface area contributed by atoms with Crippen LogP contribution in [0.25, 0.3) is 0 Å². The largest absolute Gasteiger partial charge is 0.430 e. The third-order valence-electron chi connectivity index (χ3n) is 8.37. The van der Waals surface area contributed by atoms with E-state index in [9.17, 15) is 27.9 Å². The molecule has 0 radical (unpaired) electrons. The summed E-state index contributed by atoms with van der Waals surface area (Å²) in [5, 5.41) is 10.8. The van der Waals surface area contributed by atoms with Gasteiger partial charge >= 0.3 is 6.18 Å². The fourth-order valence-corrected chi connectivity index (χ4v) is 5.93. The van der Waals surface area contributed by atoms with Gasteiger partial charge in [-0.2, -0.15) is 13.2 Å². The van der Waals surface area contributed by atoms with Crippen LogP contribution in [-0.4, -0.2) is 97.7 Å². The number of aryl methyl sites for hydroxylation is 2. The third-order valence-corrected chi connectivity index (χ3v) is 8.37. The first-order valence-electron chi connectivity index (χ1n) is 14.3. The maximum absolute atomic E-state index is 14.1. The van der Waals surface area contributed by atoms with Gasteiger partial charge in [-0.3, -0.25) is 9.59 Å². The van der Waals surface area contributed by atoms with Crippen LogP contribution in [0.2, 0.25) is 0 Å². The Kier molecular flexibility index (Phi) is 9.33. The standard InChI is InChI=1S/C31H41F3N4O3/c1-22-7-5-8-25(19-22)30(41,31(32,33)34)29(40)38-15-11-24(12-16-38)21-36-13-6-14-37(18-17-36)26-9-10-27(23(2)20-26)28(39)35(3)4/h5,7-10,19-20,24,41H,6,11-18,21H2,1-4H3. The number of benzene rings is 2. The summed E-state index contributed by atoms with van der Waals surface area (Å²) in [5.74, 6) is -1.04. The summed E-state index contributed by atoms with van der Waals surface area (Å²) in [6, 6.07) is 11.4. The Hall–Kier alpha value is -3.11. The molecule has 1 atom stereocenters. The Morgan fingerprint density at radius 1 is 0.951 bits per heavy atom. The Morgan fingerprint density at radius 2 is 1.66 bits per heavy atom. The molecule has 2 amide bonds. The molecule has 0 aromatic heterocycles. The van der Waals surface area contributed by atoms with Crippen LogP contribution in [-0.2, 0) is 10.4 Å². The van der Waals surface area contributed by atoms with Crippen molar-refractivity contribution in [3.63, 3.8) is 0 Å². The average molecular weight is 575 g/mol. The highest BCUT2D eigenvalue weighted by molar-refractivity contribution is 5.95. The molecular weight excluding hydrogens is 533 g/mol. The molecule has 0 spiro atoms. The molecule has 2 heterocycles. The molecule has 2 aromatic carbocycles. The highest BCUT2D eigenvalue weighted by Crippen LogP contribution is 2.41. The van der Waals surface area contributed by atoms with E-state index in [2.05, 4.69) is 15.9 Å². The number of carbonyl (C=O) groups is 2. The second kappa shape index (κ2) is 12.4. The van der Waals surface area contributed by atoms with Crippen molar-refractivity contribution in [2.75, 3.05) is 64.8 Å². The lowest BCUT2D eigenvalue weighted by Crippen LogP contribution is -2.57. The van der Waals surface area contributed by atoms with E-state index in [0.29, 0.717) is 24.0 Å². The summed E-state index contributed by atoms with van der Waals surface area (Å²) in [5.41, 5.74) is -0.718. The molecule has 2 saturated heterocycles. The summed E-state index contributed by atoms with van der Waals surface area (Å²) in [6.45, 7) is 8.31. The third kappa shape index (κ3) is 6.70. The number of anilines is 1. The van der Waals surface area contributed by atoms with Gasteiger partial charge in [-0.1, -0.05) is 29.8 Å². The van der Waals surface area contributed by atoms with Gasteiger partial charge in [0.2, 0.25) is 0 Å². The number of hydrogen-bond acceptors (Lipinski definition) is 5. The zero-order chi connectivity index (χ0) is 29.9. The lowest BCUT2D eigenvalue weighted by Gasteiger charge is -2.39. The number of rotatable bonds is 6. The first kappa shape index (κ1) is 30.8. The number of likely N-dealkylation sites (tertiary alicyclic amines) is 1. The SMILES string of the molecule is Cc1cccc(C(O)(C(=O)N2CCC(CN3CCCN(c4ccc(C(=O)N(C)C)c(C)c4)CC3)CC2)C(F)(F)F)c1. The van der Waals surface area contributed by atoms with Crippen molar-refractivity contribution in [3.8, 4) is 0 Å². The predicted octanol–water partition coefficient (Wildman–Crippen LogP) is 4.21. The number of alkyl halides is 3. The average Bonchev–Trinajstić information content (AvgIpc) is 3.17. The molecule has 2 aliphatic heterocycles. The zero-order valence-electron chi connectivity index (χ0n) is 24.4. The van der Waals surface area contributed by atoms with Crippen molar-refractivity contribution in [2.45, 2.75) is 44.9 Å². The first-order chi connectivity index (χ1) is 19.3. The van der Waals surface area contributed by atoms with E-state index in [4.69, 9.17) is 0 Å². The Morgan fingerprint density at radius 3 is 2.27 bits per heavy atom. The second-order valence-electron chi connectivity index (χ2n) is 11.7. The highest BCUT2D eigenvalue weighted by Gasteiger charge is 2.62. The van der Waals surface area contributed by atoms with Crippen LogP contribution < -0.4 is 4.90 Å². The van der Waals surface area contributed by atoms with Gasteiger partial charge in [0, 0.05) is 70.2 Å². The Bertz CT molecular complexity index is 1240. The predicted molar refractivity (Wildman–Crippen MR) is 153 cm³/mol. The molecule has 2 aliphatic rings. The molecule has 7 nitrogen and oxygen atoms in total. The fraction of sp³-hybridized carbons (Fsp3) is 0.548. The Balaban J connectivity index is 1.33. The zero-order valence-corrected chi connectivity index (χ0v) is 24.4. The number of amides is 2. The summed E-state index contributed by atoms with van der Waals surface area (Å²) < 4.78 is 42.3. The van der Waals surface area contributed by atoms with Gasteiger partial charge in [0.25, 0.3) is 17.4 Å². The highest BCUT2D eigenvalue weighted by atomic mass is 19.4. The molecule has 0 saturated carbocycles. The number of halogens is 3. The number of hydrogen-bond donors (Lipinski definition) is 1. The van der Waals surface area contributed by atoms with Crippen LogP contribution in [0.5, 0.6) is 0 Å². The van der Waals surface area contributed by atoms with Gasteiger partial charge < -0.3 is 24.7 Å². The van der Waals surface area contributed by atoms with Crippen molar-refractivity contribution in [2.24, 2.45) is 5.92 Å². The van der Waals surface area contributed by atoms with Crippen molar-refractivity contribution >= 4 is 17.5 Å². The van der Waals surface area contributed by atoms with E-state index in [0.717, 1.165) is 56.5 Å². The first-order valence-corrected chi connectivity index (χ1v) is 14.3. The van der Waals surface area contributed by atoms with E-state index in [1.54, 1.807) is 32.0 Å². The van der Waals surface area contributed by atoms with Crippen molar-refractivity contribution < 1.29 is 27.9 Å². The van der Waals surface area contributed by atoms with E-state index >= 15 is 0 Å². The fourth-order valence-electron chi connectivity index (χ4n) is 5.93. The molecule has 1 N–H and O–H groups in total. The van der Waals surface area contributed by atoms with Crippen LogP contribution in [0.3, 0.4) is 0 Å². The minimum absolute atomic E-state index is 0.0120. The topological polar surface area (TPSA) is 67.3 Å². The van der Waals surface area contributed by atoms with E-state index in [1.807, 2.05) is 19.1 Å². The number of aliphatic hydroxyl groups is 1. The molecule has 0 aliphatic carbocycles. The van der Waals surface area contributed by atoms with Gasteiger partial charge in [-0.25, -0.2) is 0 Å². The van der Waals surface area contributed by atoms with Crippen molar-refractivity contribution in [3.05, 3.63) is 64.7 Å². The molecule has 2 fully saturated rings. The maximum Gasteiger partial charge on any atom is 0.430 e. The van der Waals surface area contributed by atoms with E-state index < -0.39 is 23.2 Å². The van der Waals surface area contributed by atoms with Crippen molar-refractivity contribution in [1.29, 1.82) is 0 Å². The molecule has 41 heavy (non-hydrogen) atoms. The van der Waals surface area contributed by atoms with Gasteiger partial charge in [0.05, 0.1) is 0 Å². The van der Waals surface area contributed by atoms with Crippen LogP contribution in [0.15, 0.2) is 42.5 Å². The van der Waals surface area contributed by atoms with Crippen LogP contribution in [0, 0.1) is 19.8 Å². The van der Waals surface area contributed by atoms with Crippen LogP contribution in [0.1, 0.15) is 46.3 Å². The monoisotopic (exact) mass is 574 g/mol. The lowest BCUT2D eigenvalue weighted by atomic mass is 9.88. The normalized spacial score (nSPS) is 19.0. The lowest BCUT2D eigenvalue weighted by molar-refractivity contribution is -0.262. The van der Waals surface area contributed by atoms with Gasteiger partial charge in [0.15, 0.2) is 0 Å². The number of piperidine rings is 1. The van der Waals surface area contributed by atoms with Crippen LogP contribution >= 0.6 is 0 Å². The minimum Gasteiger partial charge on any atom is -0.370 e. The van der Waals surface area contributed by atoms with Gasteiger partial charge in [-0.05, 0) is 69.3 Å². The maximum atomic E-state index is 14.1. The molecule has 10 heteroatoms. The quantitative estimate of drug-likeness (QED) is 0.560. The molecule has 2 aromatic rings. The second-order valence-corrected chi connectivity index (χ2v) is 11.7. The minimum atomic E-state index is -5.13. The summed E-state index contributed by atoms with van der Waals surface area (Å²) in [6.07, 6.45) is -2.97.